The van der Waals surface area contributed by atoms with Crippen LogP contribution in [0.5, 0.6) is 11.5 Å². The van der Waals surface area contributed by atoms with Crippen molar-refractivity contribution in [2.45, 2.75) is 19.9 Å². The smallest absolute Gasteiger partial charge is 0.319 e. The molecule has 0 aliphatic carbocycles. The van der Waals surface area contributed by atoms with Crippen molar-refractivity contribution in [3.63, 3.8) is 0 Å². The Hall–Kier alpha value is -2.99. The zero-order chi connectivity index (χ0) is 20.3. The van der Waals surface area contributed by atoms with Crippen LogP contribution in [0.1, 0.15) is 35.8 Å². The van der Waals surface area contributed by atoms with Gasteiger partial charge >= 0.3 is 6.03 Å². The standard InChI is InChI=1S/C21H21ClN2O4/c1-4-28-16-10-7-14(11-17(16)27-3)19-18(12(2)23-21(26)24-19)20(25)13-5-8-15(22)9-6-13/h5-11,19H,4H2,1-3H3,(H2,23,24,26)/t19-/m1/s1. The largest absolute Gasteiger partial charge is 0.493 e. The number of hydrogen-bond acceptors (Lipinski definition) is 4. The Morgan fingerprint density at radius 1 is 1.14 bits per heavy atom. The van der Waals surface area contributed by atoms with Gasteiger partial charge in [-0.25, -0.2) is 4.79 Å². The van der Waals surface area contributed by atoms with E-state index in [1.54, 1.807) is 50.4 Å². The van der Waals surface area contributed by atoms with Gasteiger partial charge in [-0.3, -0.25) is 4.79 Å². The summed E-state index contributed by atoms with van der Waals surface area (Å²) in [6, 6.07) is 11.0. The van der Waals surface area contributed by atoms with E-state index >= 15 is 0 Å². The molecule has 28 heavy (non-hydrogen) atoms. The lowest BCUT2D eigenvalue weighted by Gasteiger charge is -2.29. The minimum atomic E-state index is -0.624. The summed E-state index contributed by atoms with van der Waals surface area (Å²) in [5.41, 5.74) is 2.15. The first-order valence-corrected chi connectivity index (χ1v) is 9.21. The van der Waals surface area contributed by atoms with Crippen LogP contribution in [0.15, 0.2) is 53.7 Å². The minimum absolute atomic E-state index is 0.195. The van der Waals surface area contributed by atoms with Gasteiger partial charge in [-0.2, -0.15) is 0 Å². The zero-order valence-corrected chi connectivity index (χ0v) is 16.6. The topological polar surface area (TPSA) is 76.7 Å². The van der Waals surface area contributed by atoms with Crippen molar-refractivity contribution in [3.05, 3.63) is 69.9 Å². The highest BCUT2D eigenvalue weighted by Gasteiger charge is 2.32. The van der Waals surface area contributed by atoms with Gasteiger partial charge in [0, 0.05) is 21.9 Å². The number of Topliss-reactive ketones (excluding diaryl/α,β-unsaturated/α-hetero) is 1. The fourth-order valence-corrected chi connectivity index (χ4v) is 3.27. The van der Waals surface area contributed by atoms with Crippen LogP contribution < -0.4 is 20.1 Å². The Morgan fingerprint density at radius 2 is 1.86 bits per heavy atom. The highest BCUT2D eigenvalue weighted by Crippen LogP contribution is 2.35. The summed E-state index contributed by atoms with van der Waals surface area (Å²) in [7, 11) is 1.55. The molecule has 3 rings (SSSR count). The Balaban J connectivity index is 2.04. The molecule has 0 bridgehead atoms. The maximum Gasteiger partial charge on any atom is 0.319 e. The summed E-state index contributed by atoms with van der Waals surface area (Å²) in [6.45, 7) is 4.09. The number of carbonyl (C=O) groups excluding carboxylic acids is 2. The van der Waals surface area contributed by atoms with Gasteiger partial charge in [-0.15, -0.1) is 0 Å². The molecule has 1 aliphatic rings. The van der Waals surface area contributed by atoms with E-state index in [2.05, 4.69) is 10.6 Å². The van der Waals surface area contributed by atoms with E-state index in [9.17, 15) is 9.59 Å². The average molecular weight is 401 g/mol. The van der Waals surface area contributed by atoms with Crippen molar-refractivity contribution in [2.24, 2.45) is 0 Å². The second-order valence-electron chi connectivity index (χ2n) is 6.25. The van der Waals surface area contributed by atoms with E-state index in [0.29, 0.717) is 45.5 Å². The monoisotopic (exact) mass is 400 g/mol. The van der Waals surface area contributed by atoms with Crippen molar-refractivity contribution in [3.8, 4) is 11.5 Å². The van der Waals surface area contributed by atoms with Crippen LogP contribution >= 0.6 is 11.6 Å². The highest BCUT2D eigenvalue weighted by molar-refractivity contribution is 6.30. The summed E-state index contributed by atoms with van der Waals surface area (Å²) >= 11 is 5.93. The molecule has 2 aromatic rings. The van der Waals surface area contributed by atoms with Gasteiger partial charge in [0.1, 0.15) is 0 Å². The van der Waals surface area contributed by atoms with Crippen molar-refractivity contribution < 1.29 is 19.1 Å². The second kappa shape index (κ2) is 8.35. The lowest BCUT2D eigenvalue weighted by molar-refractivity contribution is 0.102. The van der Waals surface area contributed by atoms with E-state index in [0.717, 1.165) is 0 Å². The lowest BCUT2D eigenvalue weighted by atomic mass is 9.89. The Morgan fingerprint density at radius 3 is 2.50 bits per heavy atom. The second-order valence-corrected chi connectivity index (χ2v) is 6.69. The Bertz CT molecular complexity index is 938. The number of hydrogen-bond donors (Lipinski definition) is 2. The summed E-state index contributed by atoms with van der Waals surface area (Å²) < 4.78 is 11.0. The van der Waals surface area contributed by atoms with Gasteiger partial charge in [0.15, 0.2) is 17.3 Å². The molecular weight excluding hydrogens is 380 g/mol. The van der Waals surface area contributed by atoms with Crippen LogP contribution in [-0.2, 0) is 0 Å². The molecule has 6 nitrogen and oxygen atoms in total. The number of allylic oxidation sites excluding steroid dienone is 1. The fourth-order valence-electron chi connectivity index (χ4n) is 3.14. The number of urea groups is 1. The summed E-state index contributed by atoms with van der Waals surface area (Å²) in [6.07, 6.45) is 0. The van der Waals surface area contributed by atoms with Crippen molar-refractivity contribution >= 4 is 23.4 Å². The maximum absolute atomic E-state index is 13.2. The molecule has 2 aromatic carbocycles. The SMILES string of the molecule is CCOc1ccc([C@H]2NC(=O)NC(C)=C2C(=O)c2ccc(Cl)cc2)cc1OC. The number of benzene rings is 2. The van der Waals surface area contributed by atoms with Gasteiger partial charge in [-0.1, -0.05) is 17.7 Å². The van der Waals surface area contributed by atoms with E-state index in [4.69, 9.17) is 21.1 Å². The number of ether oxygens (including phenoxy) is 2. The molecule has 0 radical (unpaired) electrons. The molecule has 0 saturated carbocycles. The number of rotatable bonds is 6. The summed E-state index contributed by atoms with van der Waals surface area (Å²) in [5.74, 6) is 0.933. The molecule has 0 aromatic heterocycles. The normalized spacial score (nSPS) is 16.3. The molecule has 1 heterocycles. The molecule has 2 amide bonds. The van der Waals surface area contributed by atoms with Crippen molar-refractivity contribution in [2.75, 3.05) is 13.7 Å². The van der Waals surface area contributed by atoms with Gasteiger partial charge in [0.25, 0.3) is 0 Å². The molecule has 1 atom stereocenters. The molecule has 0 saturated heterocycles. The van der Waals surface area contributed by atoms with E-state index in [1.165, 1.54) is 0 Å². The molecule has 146 valence electrons. The predicted octanol–water partition coefficient (Wildman–Crippen LogP) is 4.26. The van der Waals surface area contributed by atoms with Crippen LogP contribution in [0.3, 0.4) is 0 Å². The molecule has 2 N–H and O–H groups in total. The quantitative estimate of drug-likeness (QED) is 0.710. The van der Waals surface area contributed by atoms with Crippen LogP contribution in [0.25, 0.3) is 0 Å². The predicted molar refractivity (Wildman–Crippen MR) is 107 cm³/mol. The maximum atomic E-state index is 13.2. The van der Waals surface area contributed by atoms with E-state index in [1.807, 2.05) is 13.0 Å². The Labute approximate surface area is 168 Å². The van der Waals surface area contributed by atoms with E-state index in [-0.39, 0.29) is 11.8 Å². The third-order valence-corrected chi connectivity index (χ3v) is 4.69. The first-order chi connectivity index (χ1) is 13.4. The number of methoxy groups -OCH3 is 1. The lowest BCUT2D eigenvalue weighted by Crippen LogP contribution is -2.45. The molecule has 0 unspecified atom stereocenters. The number of carbonyl (C=O) groups is 2. The van der Waals surface area contributed by atoms with Crippen molar-refractivity contribution in [1.82, 2.24) is 10.6 Å². The molecule has 7 heteroatoms. The number of halogens is 1. The van der Waals surface area contributed by atoms with Crippen LogP contribution in [0.4, 0.5) is 4.79 Å². The molecule has 0 fully saturated rings. The minimum Gasteiger partial charge on any atom is -0.493 e. The molecular formula is C21H21ClN2O4. The van der Waals surface area contributed by atoms with Gasteiger partial charge in [0.05, 0.1) is 19.8 Å². The zero-order valence-electron chi connectivity index (χ0n) is 15.8. The molecule has 0 spiro atoms. The van der Waals surface area contributed by atoms with Crippen molar-refractivity contribution in [1.29, 1.82) is 0 Å². The van der Waals surface area contributed by atoms with E-state index < -0.39 is 6.04 Å². The highest BCUT2D eigenvalue weighted by atomic mass is 35.5. The number of ketones is 1. The van der Waals surface area contributed by atoms with Crippen LogP contribution in [0, 0.1) is 0 Å². The van der Waals surface area contributed by atoms with Crippen LogP contribution in [-0.4, -0.2) is 25.5 Å². The summed E-state index contributed by atoms with van der Waals surface area (Å²) in [4.78, 5) is 25.3. The Kier molecular flexibility index (Phi) is 5.90. The van der Waals surface area contributed by atoms with Gasteiger partial charge in [-0.05, 0) is 55.8 Å². The fraction of sp³-hybridized carbons (Fsp3) is 0.238. The number of nitrogens with one attached hydrogen (secondary N) is 2. The first kappa shape index (κ1) is 19.8. The third-order valence-electron chi connectivity index (χ3n) is 4.44. The van der Waals surface area contributed by atoms with Crippen LogP contribution in [0.2, 0.25) is 5.02 Å². The summed E-state index contributed by atoms with van der Waals surface area (Å²) in [5, 5.41) is 6.05. The first-order valence-electron chi connectivity index (χ1n) is 8.83. The van der Waals surface area contributed by atoms with Gasteiger partial charge < -0.3 is 20.1 Å². The average Bonchev–Trinajstić information content (AvgIpc) is 2.68. The molecule has 1 aliphatic heterocycles. The third kappa shape index (κ3) is 3.97. The van der Waals surface area contributed by atoms with Gasteiger partial charge in [0.2, 0.25) is 0 Å². The number of amides is 2.